The van der Waals surface area contributed by atoms with Gasteiger partial charge in [0.25, 0.3) is 5.24 Å². The molecule has 1 aromatic heterocycles. The zero-order chi connectivity index (χ0) is 9.42. The topological polar surface area (TPSA) is 66.0 Å². The highest BCUT2D eigenvalue weighted by Crippen LogP contribution is 2.25. The van der Waals surface area contributed by atoms with Crippen molar-refractivity contribution in [1.29, 1.82) is 0 Å². The first-order valence-electron chi connectivity index (χ1n) is 3.55. The lowest BCUT2D eigenvalue weighted by Gasteiger charge is -1.97. The number of nitrogens with one attached hydrogen (secondary N) is 1. The Labute approximate surface area is 78.2 Å². The number of aromatic nitrogens is 2. The summed E-state index contributed by atoms with van der Waals surface area (Å²) in [5, 5.41) is 8.75. The molecule has 0 radical (unpaired) electrons. The molecule has 0 fully saturated rings. The Bertz CT molecular complexity index is 478. The summed E-state index contributed by atoms with van der Waals surface area (Å²) >= 11 is 5.32. The summed E-state index contributed by atoms with van der Waals surface area (Å²) in [6.07, 6.45) is 1.40. The molecule has 0 saturated carbocycles. The minimum absolute atomic E-state index is 0.0502. The van der Waals surface area contributed by atoms with Crippen LogP contribution in [0.25, 0.3) is 11.0 Å². The number of aromatic hydroxyl groups is 1. The summed E-state index contributed by atoms with van der Waals surface area (Å²) in [6, 6.07) is 2.84. The van der Waals surface area contributed by atoms with Gasteiger partial charge >= 0.3 is 0 Å². The minimum Gasteiger partial charge on any atom is -0.506 e. The van der Waals surface area contributed by atoms with Crippen molar-refractivity contribution in [2.45, 2.75) is 0 Å². The number of H-pyrrole nitrogens is 1. The van der Waals surface area contributed by atoms with Gasteiger partial charge in [-0.3, -0.25) is 4.79 Å². The monoisotopic (exact) mass is 196 g/mol. The highest BCUT2D eigenvalue weighted by molar-refractivity contribution is 6.68. The zero-order valence-corrected chi connectivity index (χ0v) is 7.17. The molecule has 0 aliphatic carbocycles. The van der Waals surface area contributed by atoms with Crippen LogP contribution in [-0.4, -0.2) is 20.3 Å². The molecule has 2 aromatic rings. The molecule has 0 saturated heterocycles. The molecule has 2 N–H and O–H groups in total. The number of carbonyl (C=O) groups is 1. The van der Waals surface area contributed by atoms with Crippen molar-refractivity contribution in [3.63, 3.8) is 0 Å². The summed E-state index contributed by atoms with van der Waals surface area (Å²) in [5.74, 6) is 0.0502. The summed E-state index contributed by atoms with van der Waals surface area (Å²) in [4.78, 5) is 17.5. The van der Waals surface area contributed by atoms with Crippen LogP contribution in [-0.2, 0) is 0 Å². The van der Waals surface area contributed by atoms with Crippen LogP contribution in [0.4, 0.5) is 0 Å². The normalized spacial score (nSPS) is 10.5. The number of nitrogens with zero attached hydrogens (tertiary/aromatic N) is 1. The van der Waals surface area contributed by atoms with Crippen LogP contribution in [0.5, 0.6) is 5.75 Å². The van der Waals surface area contributed by atoms with Crippen molar-refractivity contribution < 1.29 is 9.90 Å². The van der Waals surface area contributed by atoms with Crippen LogP contribution >= 0.6 is 11.6 Å². The first kappa shape index (κ1) is 8.07. The summed E-state index contributed by atoms with van der Waals surface area (Å²) in [6.45, 7) is 0. The number of imidazole rings is 1. The summed E-state index contributed by atoms with van der Waals surface area (Å²) < 4.78 is 0. The smallest absolute Gasteiger partial charge is 0.254 e. The van der Waals surface area contributed by atoms with Crippen molar-refractivity contribution in [3.05, 3.63) is 24.0 Å². The molecule has 13 heavy (non-hydrogen) atoms. The molecule has 4 nitrogen and oxygen atoms in total. The Kier molecular flexibility index (Phi) is 1.70. The molecule has 0 atom stereocenters. The second-order valence-corrected chi connectivity index (χ2v) is 2.88. The first-order chi connectivity index (χ1) is 6.20. The fraction of sp³-hybridized carbons (Fsp3) is 0. The largest absolute Gasteiger partial charge is 0.506 e. The fourth-order valence-electron chi connectivity index (χ4n) is 1.18. The SMILES string of the molecule is O=C(Cl)c1ccc(O)c2[nH]cnc12. The minimum atomic E-state index is -0.586. The van der Waals surface area contributed by atoms with Gasteiger partial charge < -0.3 is 10.1 Å². The van der Waals surface area contributed by atoms with Crippen molar-refractivity contribution in [1.82, 2.24) is 9.97 Å². The van der Waals surface area contributed by atoms with E-state index in [0.29, 0.717) is 11.0 Å². The maximum absolute atomic E-state index is 10.9. The Balaban J connectivity index is 2.86. The fourth-order valence-corrected chi connectivity index (χ4v) is 1.33. The standard InChI is InChI=1S/C8H5ClN2O2/c9-8(13)4-1-2-5(12)7-6(4)10-3-11-7/h1-3,12H,(H,10,11). The van der Waals surface area contributed by atoms with E-state index in [1.54, 1.807) is 0 Å². The number of halogens is 1. The molecule has 0 bridgehead atoms. The lowest BCUT2D eigenvalue weighted by Crippen LogP contribution is -1.90. The molecule has 0 unspecified atom stereocenters. The molecular formula is C8H5ClN2O2. The molecule has 0 amide bonds. The maximum Gasteiger partial charge on any atom is 0.254 e. The third-order valence-electron chi connectivity index (χ3n) is 1.77. The maximum atomic E-state index is 10.9. The zero-order valence-electron chi connectivity index (χ0n) is 6.41. The predicted molar refractivity (Wildman–Crippen MR) is 47.9 cm³/mol. The second kappa shape index (κ2) is 2.74. The molecule has 5 heteroatoms. The van der Waals surface area contributed by atoms with Crippen molar-refractivity contribution >= 4 is 27.9 Å². The van der Waals surface area contributed by atoms with Crippen LogP contribution in [0, 0.1) is 0 Å². The number of benzene rings is 1. The molecular weight excluding hydrogens is 192 g/mol. The van der Waals surface area contributed by atoms with Crippen molar-refractivity contribution in [3.8, 4) is 5.75 Å². The molecule has 66 valence electrons. The van der Waals surface area contributed by atoms with Gasteiger partial charge in [-0.15, -0.1) is 0 Å². The van der Waals surface area contributed by atoms with E-state index in [2.05, 4.69) is 9.97 Å². The Morgan fingerprint density at radius 2 is 2.31 bits per heavy atom. The number of carbonyl (C=O) groups excluding carboxylic acids is 1. The Morgan fingerprint density at radius 1 is 1.54 bits per heavy atom. The Hall–Kier alpha value is -1.55. The molecule has 0 aliphatic rings. The number of hydrogen-bond acceptors (Lipinski definition) is 3. The van der Waals surface area contributed by atoms with Gasteiger partial charge in [-0.25, -0.2) is 4.98 Å². The Morgan fingerprint density at radius 3 is 3.00 bits per heavy atom. The van der Waals surface area contributed by atoms with E-state index in [0.717, 1.165) is 0 Å². The van der Waals surface area contributed by atoms with Crippen molar-refractivity contribution in [2.24, 2.45) is 0 Å². The van der Waals surface area contributed by atoms with Gasteiger partial charge in [0, 0.05) is 0 Å². The van der Waals surface area contributed by atoms with E-state index in [-0.39, 0.29) is 11.3 Å². The van der Waals surface area contributed by atoms with Gasteiger partial charge in [-0.05, 0) is 23.7 Å². The van der Waals surface area contributed by atoms with Crippen LogP contribution in [0.15, 0.2) is 18.5 Å². The van der Waals surface area contributed by atoms with Crippen LogP contribution in [0.3, 0.4) is 0 Å². The lowest BCUT2D eigenvalue weighted by atomic mass is 10.2. The van der Waals surface area contributed by atoms with E-state index >= 15 is 0 Å². The molecule has 0 spiro atoms. The highest BCUT2D eigenvalue weighted by Gasteiger charge is 2.11. The van der Waals surface area contributed by atoms with Gasteiger partial charge in [0.15, 0.2) is 0 Å². The molecule has 0 aliphatic heterocycles. The molecule has 2 rings (SSSR count). The van der Waals surface area contributed by atoms with E-state index < -0.39 is 5.24 Å². The van der Waals surface area contributed by atoms with Gasteiger partial charge in [-0.2, -0.15) is 0 Å². The third-order valence-corrected chi connectivity index (χ3v) is 1.97. The number of hydrogen-bond donors (Lipinski definition) is 2. The van der Waals surface area contributed by atoms with Crippen LogP contribution < -0.4 is 0 Å². The highest BCUT2D eigenvalue weighted by atomic mass is 35.5. The van der Waals surface area contributed by atoms with Crippen LogP contribution in [0.1, 0.15) is 10.4 Å². The van der Waals surface area contributed by atoms with E-state index in [4.69, 9.17) is 11.6 Å². The number of fused-ring (bicyclic) bond motifs is 1. The number of phenols is 1. The second-order valence-electron chi connectivity index (χ2n) is 2.53. The molecule has 1 heterocycles. The summed E-state index contributed by atoms with van der Waals surface area (Å²) in [7, 11) is 0. The predicted octanol–water partition coefficient (Wildman–Crippen LogP) is 1.65. The van der Waals surface area contributed by atoms with Crippen LogP contribution in [0.2, 0.25) is 0 Å². The van der Waals surface area contributed by atoms with Gasteiger partial charge in [0.1, 0.15) is 16.8 Å². The summed E-state index contributed by atoms with van der Waals surface area (Å²) in [5.41, 5.74) is 1.10. The average molecular weight is 197 g/mol. The number of rotatable bonds is 1. The van der Waals surface area contributed by atoms with E-state index in [9.17, 15) is 9.90 Å². The van der Waals surface area contributed by atoms with E-state index in [1.165, 1.54) is 18.5 Å². The third kappa shape index (κ3) is 1.15. The number of aromatic amines is 1. The molecule has 1 aromatic carbocycles. The van der Waals surface area contributed by atoms with Crippen molar-refractivity contribution in [2.75, 3.05) is 0 Å². The number of phenolic OH excluding ortho intramolecular Hbond substituents is 1. The van der Waals surface area contributed by atoms with Gasteiger partial charge in [0.2, 0.25) is 0 Å². The average Bonchev–Trinajstić information content (AvgIpc) is 2.53. The van der Waals surface area contributed by atoms with Gasteiger partial charge in [-0.1, -0.05) is 0 Å². The van der Waals surface area contributed by atoms with Gasteiger partial charge in [0.05, 0.1) is 11.9 Å². The quantitative estimate of drug-likeness (QED) is 0.682. The lowest BCUT2D eigenvalue weighted by molar-refractivity contribution is 0.108. The first-order valence-corrected chi connectivity index (χ1v) is 3.93. The van der Waals surface area contributed by atoms with E-state index in [1.807, 2.05) is 0 Å².